The zero-order chi connectivity index (χ0) is 22.4. The lowest BCUT2D eigenvalue weighted by Crippen LogP contribution is -2.21. The normalized spacial score (nSPS) is 12.9. The maximum Gasteiger partial charge on any atom is 0.412 e. The van der Waals surface area contributed by atoms with Crippen LogP contribution in [0.25, 0.3) is 0 Å². The summed E-state index contributed by atoms with van der Waals surface area (Å²) >= 11 is 6.57. The molecule has 0 unspecified atom stereocenters. The van der Waals surface area contributed by atoms with Crippen molar-refractivity contribution >= 4 is 55.4 Å². The van der Waals surface area contributed by atoms with Crippen molar-refractivity contribution in [2.75, 3.05) is 5.32 Å². The molecule has 158 valence electrons. The highest BCUT2D eigenvalue weighted by molar-refractivity contribution is 9.11. The second kappa shape index (κ2) is 10.4. The minimum atomic E-state index is -1.14. The minimum Gasteiger partial charge on any atom is -0.506 e. The Kier molecular flexibility index (Phi) is 8.19. The summed E-state index contributed by atoms with van der Waals surface area (Å²) in [5.41, 5.74) is 1.21. The van der Waals surface area contributed by atoms with Crippen LogP contribution in [0.5, 0.6) is 5.75 Å². The lowest BCUT2D eigenvalue weighted by Gasteiger charge is -2.24. The van der Waals surface area contributed by atoms with E-state index in [1.165, 1.54) is 13.0 Å². The fraction of sp³-hybridized carbons (Fsp3) is 0.190. The van der Waals surface area contributed by atoms with Crippen LogP contribution >= 0.6 is 31.9 Å². The van der Waals surface area contributed by atoms with Crippen molar-refractivity contribution in [3.8, 4) is 5.75 Å². The van der Waals surface area contributed by atoms with Gasteiger partial charge in [-0.1, -0.05) is 28.9 Å². The first-order valence-corrected chi connectivity index (χ1v) is 10.3. The van der Waals surface area contributed by atoms with Crippen LogP contribution < -0.4 is 5.32 Å². The lowest BCUT2D eigenvalue weighted by atomic mass is 9.96. The zero-order valence-corrected chi connectivity index (χ0v) is 19.2. The number of aromatic hydroxyl groups is 1. The second-order valence-electron chi connectivity index (χ2n) is 6.47. The number of carbonyl (C=O) groups is 3. The number of carboxylic acids is 1. The molecule has 0 saturated carbocycles. The third-order valence-corrected chi connectivity index (χ3v) is 5.22. The Bertz CT molecular complexity index is 988. The third kappa shape index (κ3) is 6.43. The van der Waals surface area contributed by atoms with Gasteiger partial charge in [0.1, 0.15) is 11.9 Å². The van der Waals surface area contributed by atoms with E-state index in [0.717, 1.165) is 6.08 Å². The zero-order valence-electron chi connectivity index (χ0n) is 16.1. The van der Waals surface area contributed by atoms with Crippen molar-refractivity contribution in [1.29, 1.82) is 0 Å². The minimum absolute atomic E-state index is 0.0982. The molecule has 2 atom stereocenters. The van der Waals surface area contributed by atoms with Gasteiger partial charge in [-0.25, -0.2) is 9.59 Å². The molecule has 7 nitrogen and oxygen atoms in total. The summed E-state index contributed by atoms with van der Waals surface area (Å²) < 4.78 is 6.55. The number of hydrogen-bond acceptors (Lipinski definition) is 5. The number of rotatable bonds is 7. The monoisotopic (exact) mass is 539 g/mol. The van der Waals surface area contributed by atoms with Crippen molar-refractivity contribution < 1.29 is 29.3 Å². The van der Waals surface area contributed by atoms with Gasteiger partial charge in [0.2, 0.25) is 0 Å². The number of ether oxygens (including phenoxy) is 1. The van der Waals surface area contributed by atoms with E-state index in [4.69, 9.17) is 9.84 Å². The Morgan fingerprint density at radius 1 is 1.13 bits per heavy atom. The first kappa shape index (κ1) is 23.6. The molecule has 2 rings (SSSR count). The van der Waals surface area contributed by atoms with Gasteiger partial charge in [0.15, 0.2) is 5.78 Å². The Morgan fingerprint density at radius 3 is 2.33 bits per heavy atom. The van der Waals surface area contributed by atoms with Crippen molar-refractivity contribution in [3.63, 3.8) is 0 Å². The van der Waals surface area contributed by atoms with Crippen LogP contribution in [0.3, 0.4) is 0 Å². The molecule has 0 saturated heterocycles. The summed E-state index contributed by atoms with van der Waals surface area (Å²) in [7, 11) is 0. The number of nitrogens with one attached hydrogen (secondary N) is 1. The van der Waals surface area contributed by atoms with Gasteiger partial charge in [0.05, 0.1) is 4.47 Å². The van der Waals surface area contributed by atoms with Crippen LogP contribution in [-0.2, 0) is 9.53 Å². The summed E-state index contributed by atoms with van der Waals surface area (Å²) in [6, 6.07) is 9.49. The molecule has 0 aliphatic heterocycles. The largest absolute Gasteiger partial charge is 0.506 e. The Hall–Kier alpha value is -2.65. The van der Waals surface area contributed by atoms with Gasteiger partial charge >= 0.3 is 12.1 Å². The number of hydrogen-bond donors (Lipinski definition) is 3. The molecule has 0 fully saturated rings. The molecule has 30 heavy (non-hydrogen) atoms. The van der Waals surface area contributed by atoms with E-state index in [0.29, 0.717) is 25.8 Å². The number of benzene rings is 2. The molecular formula is C21H19Br2NO6. The van der Waals surface area contributed by atoms with Gasteiger partial charge < -0.3 is 14.9 Å². The van der Waals surface area contributed by atoms with Crippen molar-refractivity contribution in [2.45, 2.75) is 20.0 Å². The van der Waals surface area contributed by atoms with Gasteiger partial charge in [-0.2, -0.15) is 0 Å². The van der Waals surface area contributed by atoms with Crippen LogP contribution in [0, 0.1) is 5.92 Å². The molecule has 3 N–H and O–H groups in total. The van der Waals surface area contributed by atoms with Gasteiger partial charge in [0.25, 0.3) is 0 Å². The molecule has 2 aromatic carbocycles. The smallest absolute Gasteiger partial charge is 0.412 e. The summed E-state index contributed by atoms with van der Waals surface area (Å²) in [6.07, 6.45) is 0.534. The number of amides is 1. The number of carbonyl (C=O) groups excluding carboxylic acids is 2. The van der Waals surface area contributed by atoms with E-state index >= 15 is 0 Å². The number of phenols is 1. The maximum atomic E-state index is 12.5. The molecule has 0 heterocycles. The predicted molar refractivity (Wildman–Crippen MR) is 119 cm³/mol. The first-order valence-electron chi connectivity index (χ1n) is 8.76. The lowest BCUT2D eigenvalue weighted by molar-refractivity contribution is -0.131. The molecule has 0 radical (unpaired) electrons. The maximum absolute atomic E-state index is 12.5. The molecule has 9 heteroatoms. The van der Waals surface area contributed by atoms with Crippen molar-refractivity contribution in [2.24, 2.45) is 5.92 Å². The van der Waals surface area contributed by atoms with Crippen LogP contribution in [0.2, 0.25) is 0 Å². The van der Waals surface area contributed by atoms with Crippen molar-refractivity contribution in [1.82, 2.24) is 0 Å². The highest BCUT2D eigenvalue weighted by Crippen LogP contribution is 2.40. The SMILES string of the molecule is CC(=O)c1ccc(NC(=O)O[C@@H](c2cc(Br)cc(Br)c2O)[C@H](C)/C=C/C(=O)O)cc1. The highest BCUT2D eigenvalue weighted by Gasteiger charge is 2.27. The molecule has 0 spiro atoms. The van der Waals surface area contributed by atoms with E-state index in [9.17, 15) is 19.5 Å². The number of aliphatic carboxylic acids is 1. The van der Waals surface area contributed by atoms with E-state index in [1.807, 2.05) is 0 Å². The van der Waals surface area contributed by atoms with E-state index in [-0.39, 0.29) is 11.5 Å². The molecule has 0 aliphatic rings. The van der Waals surface area contributed by atoms with E-state index < -0.39 is 24.1 Å². The number of halogens is 2. The number of ketones is 1. The number of anilines is 1. The average Bonchev–Trinajstić information content (AvgIpc) is 2.67. The molecule has 0 aliphatic carbocycles. The Labute approximate surface area is 190 Å². The summed E-state index contributed by atoms with van der Waals surface area (Å²) in [6.45, 7) is 3.10. The molecule has 1 amide bonds. The van der Waals surface area contributed by atoms with E-state index in [2.05, 4.69) is 37.2 Å². The Morgan fingerprint density at radius 2 is 1.77 bits per heavy atom. The average molecular weight is 541 g/mol. The molecule has 0 aromatic heterocycles. The quantitative estimate of drug-likeness (QED) is 0.307. The van der Waals surface area contributed by atoms with Crippen LogP contribution in [0.15, 0.2) is 57.5 Å². The third-order valence-electron chi connectivity index (χ3n) is 4.16. The summed E-state index contributed by atoms with van der Waals surface area (Å²) in [4.78, 5) is 34.7. The van der Waals surface area contributed by atoms with Gasteiger partial charge in [-0.15, -0.1) is 0 Å². The number of carboxylic acid groups (broad SMARTS) is 1. The molecular weight excluding hydrogens is 522 g/mol. The Balaban J connectivity index is 2.29. The predicted octanol–water partition coefficient (Wildman–Crippen LogP) is 5.69. The molecule has 0 bridgehead atoms. The summed E-state index contributed by atoms with van der Waals surface area (Å²) in [5, 5.41) is 21.9. The first-order chi connectivity index (χ1) is 14.1. The fourth-order valence-electron chi connectivity index (χ4n) is 2.64. The summed E-state index contributed by atoms with van der Waals surface area (Å²) in [5.74, 6) is -1.94. The van der Waals surface area contributed by atoms with Crippen LogP contribution in [0.1, 0.15) is 35.9 Å². The second-order valence-corrected chi connectivity index (χ2v) is 8.24. The van der Waals surface area contributed by atoms with Gasteiger partial charge in [0, 0.05) is 33.3 Å². The van der Waals surface area contributed by atoms with Gasteiger partial charge in [-0.05, 0) is 59.3 Å². The topological polar surface area (TPSA) is 113 Å². The van der Waals surface area contributed by atoms with Crippen LogP contribution in [0.4, 0.5) is 10.5 Å². The molecule has 2 aromatic rings. The fourth-order valence-corrected chi connectivity index (χ4v) is 3.90. The standard InChI is InChI=1S/C21H19Br2NO6/c1-11(3-8-18(26)27)20(16-9-14(22)10-17(23)19(16)28)30-21(29)24-15-6-4-13(5-7-15)12(2)25/h3-11,20,28H,1-2H3,(H,24,29)(H,26,27)/b8-3+/t11-,20-/m1/s1. The number of phenolic OH excluding ortho intramolecular Hbond substituents is 1. The van der Waals surface area contributed by atoms with Crippen LogP contribution in [-0.4, -0.2) is 28.1 Å². The van der Waals surface area contributed by atoms with Crippen molar-refractivity contribution in [3.05, 3.63) is 68.6 Å². The number of Topliss-reactive ketones (excluding diaryl/α,β-unsaturated/α-hetero) is 1. The highest BCUT2D eigenvalue weighted by atomic mass is 79.9. The van der Waals surface area contributed by atoms with E-state index in [1.54, 1.807) is 43.3 Å². The van der Waals surface area contributed by atoms with Gasteiger partial charge in [-0.3, -0.25) is 10.1 Å².